The van der Waals surface area contributed by atoms with E-state index in [0.717, 1.165) is 36.9 Å². The Kier molecular flexibility index (Phi) is 4.36. The number of fused-ring (bicyclic) bond motifs is 1. The molecule has 1 aliphatic rings. The van der Waals surface area contributed by atoms with Gasteiger partial charge in [-0.05, 0) is 37.1 Å². The van der Waals surface area contributed by atoms with E-state index in [-0.39, 0.29) is 16.6 Å². The van der Waals surface area contributed by atoms with Crippen molar-refractivity contribution in [3.05, 3.63) is 52.6 Å². The Labute approximate surface area is 154 Å². The van der Waals surface area contributed by atoms with E-state index in [9.17, 15) is 9.18 Å². The topological polar surface area (TPSA) is 57.0 Å². The minimum atomic E-state index is -0.505. The fraction of sp³-hybridized carbons (Fsp3) is 0.316. The summed E-state index contributed by atoms with van der Waals surface area (Å²) >= 11 is 5.80. The summed E-state index contributed by atoms with van der Waals surface area (Å²) in [6.45, 7) is 0. The molecule has 0 aliphatic heterocycles. The van der Waals surface area contributed by atoms with Gasteiger partial charge in [0, 0.05) is 12.0 Å². The molecule has 5 nitrogen and oxygen atoms in total. The van der Waals surface area contributed by atoms with Gasteiger partial charge in [-0.1, -0.05) is 24.4 Å². The molecule has 26 heavy (non-hydrogen) atoms. The second-order valence-corrected chi connectivity index (χ2v) is 6.84. The van der Waals surface area contributed by atoms with Crippen LogP contribution in [0.2, 0.25) is 5.02 Å². The van der Waals surface area contributed by atoms with Gasteiger partial charge in [0.15, 0.2) is 0 Å². The molecular weight excluding hydrogens is 357 g/mol. The highest BCUT2D eigenvalue weighted by molar-refractivity contribution is 6.30. The van der Waals surface area contributed by atoms with Crippen molar-refractivity contribution in [2.24, 2.45) is 0 Å². The van der Waals surface area contributed by atoms with E-state index in [0.29, 0.717) is 11.2 Å². The monoisotopic (exact) mass is 373 g/mol. The molecule has 2 heterocycles. The van der Waals surface area contributed by atoms with Crippen LogP contribution in [0.3, 0.4) is 0 Å². The molecule has 1 fully saturated rings. The first kappa shape index (κ1) is 17.0. The van der Waals surface area contributed by atoms with Crippen molar-refractivity contribution in [2.45, 2.75) is 31.6 Å². The average molecular weight is 374 g/mol. The Bertz CT molecular complexity index is 996. The van der Waals surface area contributed by atoms with Crippen LogP contribution in [0.1, 0.15) is 47.8 Å². The van der Waals surface area contributed by atoms with E-state index in [1.807, 2.05) is 0 Å². The van der Waals surface area contributed by atoms with Gasteiger partial charge in [-0.15, -0.1) is 0 Å². The summed E-state index contributed by atoms with van der Waals surface area (Å²) in [6, 6.07) is 7.93. The van der Waals surface area contributed by atoms with E-state index < -0.39 is 11.8 Å². The lowest BCUT2D eigenvalue weighted by Gasteiger charge is -2.05. The van der Waals surface area contributed by atoms with Crippen LogP contribution in [0.25, 0.3) is 16.7 Å². The van der Waals surface area contributed by atoms with Crippen LogP contribution in [0.5, 0.6) is 0 Å². The molecule has 134 valence electrons. The summed E-state index contributed by atoms with van der Waals surface area (Å²) in [7, 11) is 1.33. The molecular formula is C19H17ClFN3O2. The van der Waals surface area contributed by atoms with Gasteiger partial charge in [0.2, 0.25) is 0 Å². The zero-order chi connectivity index (χ0) is 18.3. The van der Waals surface area contributed by atoms with Gasteiger partial charge in [0.1, 0.15) is 17.0 Å². The Morgan fingerprint density at radius 1 is 1.27 bits per heavy atom. The number of esters is 1. The van der Waals surface area contributed by atoms with Gasteiger partial charge in [-0.25, -0.2) is 18.9 Å². The number of carbonyl (C=O) groups is 1. The predicted molar refractivity (Wildman–Crippen MR) is 96.4 cm³/mol. The third kappa shape index (κ3) is 2.84. The number of ether oxygens (including phenoxy) is 1. The highest BCUT2D eigenvalue weighted by Gasteiger charge is 2.25. The molecule has 1 saturated carbocycles. The normalized spacial score (nSPS) is 14.9. The Morgan fingerprint density at radius 2 is 2.04 bits per heavy atom. The van der Waals surface area contributed by atoms with Crippen LogP contribution in [-0.4, -0.2) is 27.8 Å². The molecule has 3 aromatic rings. The van der Waals surface area contributed by atoms with Crippen molar-refractivity contribution in [2.75, 3.05) is 7.11 Å². The van der Waals surface area contributed by atoms with Gasteiger partial charge in [-0.3, -0.25) is 0 Å². The lowest BCUT2D eigenvalue weighted by Crippen LogP contribution is -2.04. The summed E-state index contributed by atoms with van der Waals surface area (Å²) in [6.07, 6.45) is 4.35. The standard InChI is InChI=1S/C19H17ClFN3O2/c1-26-19(25)15-8-9-16-18(22-15)17(11-4-2-3-5-11)23-24(16)12-6-7-13(20)14(21)10-12/h6-11H,2-5H2,1H3. The number of pyridine rings is 1. The van der Waals surface area contributed by atoms with Gasteiger partial charge in [0.25, 0.3) is 0 Å². The van der Waals surface area contributed by atoms with Gasteiger partial charge >= 0.3 is 5.97 Å². The fourth-order valence-corrected chi connectivity index (χ4v) is 3.64. The molecule has 0 saturated heterocycles. The molecule has 4 rings (SSSR count). The quantitative estimate of drug-likeness (QED) is 0.627. The Hall–Kier alpha value is -2.47. The summed E-state index contributed by atoms with van der Waals surface area (Å²) < 4.78 is 20.4. The Balaban J connectivity index is 1.92. The van der Waals surface area contributed by atoms with E-state index in [1.54, 1.807) is 22.9 Å². The van der Waals surface area contributed by atoms with Crippen molar-refractivity contribution < 1.29 is 13.9 Å². The summed E-state index contributed by atoms with van der Waals surface area (Å²) in [5.41, 5.74) is 3.03. The number of benzene rings is 1. The highest BCUT2D eigenvalue weighted by atomic mass is 35.5. The highest BCUT2D eigenvalue weighted by Crippen LogP contribution is 2.37. The zero-order valence-electron chi connectivity index (χ0n) is 14.2. The number of methoxy groups -OCH3 is 1. The summed E-state index contributed by atoms with van der Waals surface area (Å²) in [4.78, 5) is 16.4. The van der Waals surface area contributed by atoms with Crippen molar-refractivity contribution in [1.82, 2.24) is 14.8 Å². The number of nitrogens with zero attached hydrogens (tertiary/aromatic N) is 3. The summed E-state index contributed by atoms with van der Waals surface area (Å²) in [5.74, 6) is -0.708. The van der Waals surface area contributed by atoms with Crippen LogP contribution in [-0.2, 0) is 4.74 Å². The average Bonchev–Trinajstić information content (AvgIpc) is 3.30. The van der Waals surface area contributed by atoms with Crippen molar-refractivity contribution >= 4 is 28.6 Å². The lowest BCUT2D eigenvalue weighted by atomic mass is 10.0. The van der Waals surface area contributed by atoms with Crippen LogP contribution >= 0.6 is 11.6 Å². The lowest BCUT2D eigenvalue weighted by molar-refractivity contribution is 0.0594. The molecule has 2 aromatic heterocycles. The number of hydrogen-bond acceptors (Lipinski definition) is 4. The van der Waals surface area contributed by atoms with E-state index in [2.05, 4.69) is 4.98 Å². The second kappa shape index (κ2) is 6.68. The van der Waals surface area contributed by atoms with Gasteiger partial charge < -0.3 is 4.74 Å². The smallest absolute Gasteiger partial charge is 0.356 e. The predicted octanol–water partition coefficient (Wildman–Crippen LogP) is 4.66. The molecule has 1 aromatic carbocycles. The maximum absolute atomic E-state index is 13.9. The molecule has 0 spiro atoms. The Morgan fingerprint density at radius 3 is 2.73 bits per heavy atom. The minimum absolute atomic E-state index is 0.0623. The maximum atomic E-state index is 13.9. The third-order valence-corrected chi connectivity index (χ3v) is 5.14. The fourth-order valence-electron chi connectivity index (χ4n) is 3.53. The minimum Gasteiger partial charge on any atom is -0.464 e. The molecule has 0 N–H and O–H groups in total. The maximum Gasteiger partial charge on any atom is 0.356 e. The molecule has 0 amide bonds. The number of rotatable bonds is 3. The van der Waals surface area contributed by atoms with Gasteiger partial charge in [-0.2, -0.15) is 5.10 Å². The molecule has 0 atom stereocenters. The van der Waals surface area contributed by atoms with Crippen LogP contribution in [0, 0.1) is 5.82 Å². The first-order chi connectivity index (χ1) is 12.6. The van der Waals surface area contributed by atoms with E-state index >= 15 is 0 Å². The van der Waals surface area contributed by atoms with Gasteiger partial charge in [0.05, 0.1) is 29.0 Å². The second-order valence-electron chi connectivity index (χ2n) is 6.43. The first-order valence-corrected chi connectivity index (χ1v) is 8.89. The number of halogens is 2. The van der Waals surface area contributed by atoms with Crippen LogP contribution in [0.15, 0.2) is 30.3 Å². The van der Waals surface area contributed by atoms with Crippen molar-refractivity contribution in [3.63, 3.8) is 0 Å². The van der Waals surface area contributed by atoms with E-state index in [1.165, 1.54) is 19.2 Å². The summed E-state index contributed by atoms with van der Waals surface area (Å²) in [5, 5.41) is 4.79. The van der Waals surface area contributed by atoms with Crippen molar-refractivity contribution in [3.8, 4) is 5.69 Å². The van der Waals surface area contributed by atoms with E-state index in [4.69, 9.17) is 21.4 Å². The number of hydrogen-bond donors (Lipinski definition) is 0. The number of aromatic nitrogens is 3. The van der Waals surface area contributed by atoms with Crippen LogP contribution in [0.4, 0.5) is 4.39 Å². The number of carbonyl (C=O) groups excluding carboxylic acids is 1. The van der Waals surface area contributed by atoms with Crippen LogP contribution < -0.4 is 0 Å². The largest absolute Gasteiger partial charge is 0.464 e. The zero-order valence-corrected chi connectivity index (χ0v) is 15.0. The molecule has 7 heteroatoms. The molecule has 0 radical (unpaired) electrons. The van der Waals surface area contributed by atoms with Crippen molar-refractivity contribution in [1.29, 1.82) is 0 Å². The molecule has 0 bridgehead atoms. The molecule has 1 aliphatic carbocycles. The first-order valence-electron chi connectivity index (χ1n) is 8.52. The SMILES string of the molecule is COC(=O)c1ccc2c(n1)c(C1CCCC1)nn2-c1ccc(Cl)c(F)c1. The third-order valence-electron chi connectivity index (χ3n) is 4.84. The molecule has 0 unspecified atom stereocenters.